The molecule has 3 aliphatic rings. The number of fused-ring (bicyclic) bond motifs is 1. The molecular formula is C17H17NO4S. The maximum absolute atomic E-state index is 12.6. The van der Waals surface area contributed by atoms with Crippen LogP contribution in [0.3, 0.4) is 0 Å². The van der Waals surface area contributed by atoms with Gasteiger partial charge in [-0.05, 0) is 31.2 Å². The summed E-state index contributed by atoms with van der Waals surface area (Å²) >= 11 is 1.41. The zero-order chi connectivity index (χ0) is 16.1. The standard InChI is InChI=1S/C17H17NO4S/c19-10-5-6-12(13(20)7-10)18-16(21)11-8-14(9-3-1-2-4-9)23-15(11)17(18)22/h8-9,12H,1-7H2. The highest BCUT2D eigenvalue weighted by Gasteiger charge is 2.46. The van der Waals surface area contributed by atoms with Gasteiger partial charge in [-0.25, -0.2) is 0 Å². The van der Waals surface area contributed by atoms with Crippen molar-refractivity contribution in [2.24, 2.45) is 0 Å². The number of carbonyl (C=O) groups excluding carboxylic acids is 4. The number of thiophene rings is 1. The molecule has 2 fully saturated rings. The van der Waals surface area contributed by atoms with Crippen LogP contribution in [-0.2, 0) is 9.59 Å². The fourth-order valence-corrected chi connectivity index (χ4v) is 5.14. The molecule has 6 heteroatoms. The van der Waals surface area contributed by atoms with Crippen LogP contribution >= 0.6 is 11.3 Å². The summed E-state index contributed by atoms with van der Waals surface area (Å²) < 4.78 is 0. The topological polar surface area (TPSA) is 71.5 Å². The Balaban J connectivity index is 1.61. The third kappa shape index (κ3) is 2.27. The maximum Gasteiger partial charge on any atom is 0.272 e. The van der Waals surface area contributed by atoms with Gasteiger partial charge in [0.15, 0.2) is 5.78 Å². The summed E-state index contributed by atoms with van der Waals surface area (Å²) in [7, 11) is 0. The lowest BCUT2D eigenvalue weighted by Crippen LogP contribution is -2.47. The van der Waals surface area contributed by atoms with Crippen LogP contribution in [-0.4, -0.2) is 34.3 Å². The number of ketones is 2. The van der Waals surface area contributed by atoms with Crippen molar-refractivity contribution in [1.29, 1.82) is 0 Å². The molecule has 0 aromatic carbocycles. The zero-order valence-electron chi connectivity index (χ0n) is 12.7. The van der Waals surface area contributed by atoms with Crippen LogP contribution in [0.25, 0.3) is 0 Å². The van der Waals surface area contributed by atoms with Gasteiger partial charge in [0.05, 0.1) is 18.0 Å². The summed E-state index contributed by atoms with van der Waals surface area (Å²) in [6, 6.07) is 1.09. The quantitative estimate of drug-likeness (QED) is 0.617. The van der Waals surface area contributed by atoms with E-state index in [2.05, 4.69) is 0 Å². The van der Waals surface area contributed by atoms with Gasteiger partial charge in [0.2, 0.25) is 0 Å². The Kier molecular flexibility index (Phi) is 3.44. The molecule has 2 amide bonds. The molecule has 4 rings (SSSR count). The van der Waals surface area contributed by atoms with Gasteiger partial charge in [-0.15, -0.1) is 11.3 Å². The summed E-state index contributed by atoms with van der Waals surface area (Å²) in [4.78, 5) is 51.4. The van der Waals surface area contributed by atoms with Gasteiger partial charge in [0.25, 0.3) is 11.8 Å². The highest BCUT2D eigenvalue weighted by Crippen LogP contribution is 2.42. The Morgan fingerprint density at radius 2 is 1.74 bits per heavy atom. The molecular weight excluding hydrogens is 314 g/mol. The molecule has 2 aliphatic carbocycles. The van der Waals surface area contributed by atoms with Crippen LogP contribution in [0.2, 0.25) is 0 Å². The summed E-state index contributed by atoms with van der Waals surface area (Å²) in [6.07, 6.45) is 5.00. The van der Waals surface area contributed by atoms with E-state index in [1.807, 2.05) is 6.07 Å². The number of nitrogens with zero attached hydrogens (tertiary/aromatic N) is 1. The summed E-state index contributed by atoms with van der Waals surface area (Å²) in [5.41, 5.74) is 0.451. The molecule has 1 aromatic heterocycles. The van der Waals surface area contributed by atoms with Crippen molar-refractivity contribution in [3.63, 3.8) is 0 Å². The minimum atomic E-state index is -0.762. The van der Waals surface area contributed by atoms with E-state index in [9.17, 15) is 19.2 Å². The molecule has 0 spiro atoms. The first-order valence-electron chi connectivity index (χ1n) is 8.12. The number of rotatable bonds is 2. The van der Waals surface area contributed by atoms with E-state index in [0.29, 0.717) is 16.4 Å². The number of imide groups is 1. The normalized spacial score (nSPS) is 25.6. The molecule has 0 N–H and O–H groups in total. The fraction of sp³-hybridized carbons (Fsp3) is 0.529. The van der Waals surface area contributed by atoms with Crippen LogP contribution < -0.4 is 0 Å². The average molecular weight is 331 g/mol. The number of hydrogen-bond donors (Lipinski definition) is 0. The highest BCUT2D eigenvalue weighted by molar-refractivity contribution is 7.14. The van der Waals surface area contributed by atoms with Crippen LogP contribution in [0.5, 0.6) is 0 Å². The van der Waals surface area contributed by atoms with Crippen LogP contribution in [0.15, 0.2) is 6.07 Å². The lowest BCUT2D eigenvalue weighted by molar-refractivity contribution is -0.132. The Morgan fingerprint density at radius 1 is 1.00 bits per heavy atom. The third-order valence-electron chi connectivity index (χ3n) is 5.12. The van der Waals surface area contributed by atoms with E-state index < -0.39 is 6.04 Å². The largest absolute Gasteiger partial charge is 0.299 e. The van der Waals surface area contributed by atoms with Gasteiger partial charge >= 0.3 is 0 Å². The molecule has 1 aromatic rings. The van der Waals surface area contributed by atoms with E-state index in [4.69, 9.17) is 0 Å². The van der Waals surface area contributed by atoms with Gasteiger partial charge in [-0.2, -0.15) is 0 Å². The monoisotopic (exact) mass is 331 g/mol. The minimum Gasteiger partial charge on any atom is -0.299 e. The molecule has 5 nitrogen and oxygen atoms in total. The van der Waals surface area contributed by atoms with Gasteiger partial charge in [0.1, 0.15) is 10.7 Å². The van der Waals surface area contributed by atoms with Gasteiger partial charge in [-0.3, -0.25) is 24.1 Å². The van der Waals surface area contributed by atoms with Crippen molar-refractivity contribution in [3.05, 3.63) is 21.4 Å². The van der Waals surface area contributed by atoms with Gasteiger partial charge in [0, 0.05) is 11.3 Å². The Morgan fingerprint density at radius 3 is 2.39 bits per heavy atom. The van der Waals surface area contributed by atoms with Crippen molar-refractivity contribution < 1.29 is 19.2 Å². The fourth-order valence-electron chi connectivity index (χ4n) is 3.89. The number of hydrogen-bond acceptors (Lipinski definition) is 5. The van der Waals surface area contributed by atoms with E-state index in [1.54, 1.807) is 0 Å². The molecule has 23 heavy (non-hydrogen) atoms. The van der Waals surface area contributed by atoms with Crippen molar-refractivity contribution >= 4 is 34.7 Å². The van der Waals surface area contributed by atoms with Crippen molar-refractivity contribution in [2.45, 2.75) is 56.9 Å². The lowest BCUT2D eigenvalue weighted by Gasteiger charge is -2.27. The molecule has 0 radical (unpaired) electrons. The molecule has 2 saturated carbocycles. The van der Waals surface area contributed by atoms with E-state index in [0.717, 1.165) is 22.6 Å². The first-order valence-corrected chi connectivity index (χ1v) is 8.94. The number of amides is 2. The Hall–Kier alpha value is -1.82. The van der Waals surface area contributed by atoms with Crippen LogP contribution in [0, 0.1) is 0 Å². The zero-order valence-corrected chi connectivity index (χ0v) is 13.5. The smallest absolute Gasteiger partial charge is 0.272 e. The summed E-state index contributed by atoms with van der Waals surface area (Å²) in [5, 5.41) is 0. The molecule has 0 bridgehead atoms. The predicted octanol–water partition coefficient (Wildman–Crippen LogP) is 2.69. The first kappa shape index (κ1) is 14.8. The molecule has 2 heterocycles. The van der Waals surface area contributed by atoms with Gasteiger partial charge in [-0.1, -0.05) is 12.8 Å². The number of carbonyl (C=O) groups is 4. The summed E-state index contributed by atoms with van der Waals surface area (Å²) in [5.74, 6) is -0.670. The van der Waals surface area contributed by atoms with Crippen molar-refractivity contribution in [3.8, 4) is 0 Å². The van der Waals surface area contributed by atoms with E-state index >= 15 is 0 Å². The van der Waals surface area contributed by atoms with Crippen LogP contribution in [0.1, 0.15) is 75.8 Å². The summed E-state index contributed by atoms with van der Waals surface area (Å²) in [6.45, 7) is 0. The second-order valence-corrected chi connectivity index (χ2v) is 7.67. The molecule has 1 aliphatic heterocycles. The third-order valence-corrected chi connectivity index (χ3v) is 6.41. The second-order valence-electron chi connectivity index (χ2n) is 6.59. The second kappa shape index (κ2) is 5.37. The van der Waals surface area contributed by atoms with Crippen LogP contribution in [0.4, 0.5) is 0 Å². The maximum atomic E-state index is 12.6. The average Bonchev–Trinajstić information content (AvgIpc) is 3.20. The first-order chi connectivity index (χ1) is 11.1. The van der Waals surface area contributed by atoms with Crippen molar-refractivity contribution in [2.75, 3.05) is 0 Å². The van der Waals surface area contributed by atoms with Crippen molar-refractivity contribution in [1.82, 2.24) is 4.90 Å². The molecule has 1 atom stereocenters. The molecule has 1 unspecified atom stereocenters. The van der Waals surface area contributed by atoms with Gasteiger partial charge < -0.3 is 0 Å². The van der Waals surface area contributed by atoms with E-state index in [1.165, 1.54) is 24.2 Å². The number of Topliss-reactive ketones (excluding diaryl/α,β-unsaturated/α-hetero) is 2. The van der Waals surface area contributed by atoms with E-state index in [-0.39, 0.29) is 42.6 Å². The predicted molar refractivity (Wildman–Crippen MR) is 83.7 cm³/mol. The minimum absolute atomic E-state index is 0.108. The highest BCUT2D eigenvalue weighted by atomic mass is 32.1. The Labute approximate surface area is 137 Å². The SMILES string of the molecule is O=C1CCC(N2C(=O)c3cc(C4CCCC4)sc3C2=O)C(=O)C1. The molecule has 120 valence electrons. The Bertz CT molecular complexity index is 695. The molecule has 0 saturated heterocycles. The lowest BCUT2D eigenvalue weighted by atomic mass is 9.92.